The topological polar surface area (TPSA) is 51.5 Å². The number of esters is 1. The first-order valence-electron chi connectivity index (χ1n) is 10.1. The van der Waals surface area contributed by atoms with E-state index in [-0.39, 0.29) is 18.3 Å². The fourth-order valence-corrected chi connectivity index (χ4v) is 3.49. The van der Waals surface area contributed by atoms with Crippen molar-refractivity contribution in [2.24, 2.45) is 0 Å². The molecule has 0 aliphatic rings. The van der Waals surface area contributed by atoms with Gasteiger partial charge in [-0.3, -0.25) is 9.59 Å². The molecule has 1 aromatic carbocycles. The fraction of sp³-hybridized carbons (Fsp3) is 0.545. The Kier molecular flexibility index (Phi) is 7.89. The lowest BCUT2D eigenvalue weighted by Crippen LogP contribution is -2.35. The highest BCUT2D eigenvalue weighted by Crippen LogP contribution is 2.27. The smallest absolute Gasteiger partial charge is 0.307 e. The Morgan fingerprint density at radius 2 is 1.81 bits per heavy atom. The van der Waals surface area contributed by atoms with Crippen molar-refractivity contribution in [1.29, 1.82) is 0 Å². The van der Waals surface area contributed by atoms with Gasteiger partial charge in [0.2, 0.25) is 0 Å². The van der Waals surface area contributed by atoms with Crippen molar-refractivity contribution in [3.05, 3.63) is 35.5 Å². The zero-order valence-corrected chi connectivity index (χ0v) is 17.1. The van der Waals surface area contributed by atoms with Gasteiger partial charge in [0.05, 0.1) is 13.0 Å². The summed E-state index contributed by atoms with van der Waals surface area (Å²) in [7, 11) is 0. The van der Waals surface area contributed by atoms with Crippen molar-refractivity contribution in [2.45, 2.75) is 59.9 Å². The highest BCUT2D eigenvalue weighted by Gasteiger charge is 2.24. The molecule has 0 aliphatic carbocycles. The molecule has 0 bridgehead atoms. The van der Waals surface area contributed by atoms with E-state index in [1.165, 1.54) is 0 Å². The van der Waals surface area contributed by atoms with Crippen LogP contribution in [0.3, 0.4) is 0 Å². The normalized spacial score (nSPS) is 11.0. The highest BCUT2D eigenvalue weighted by molar-refractivity contribution is 6.01. The van der Waals surface area contributed by atoms with Gasteiger partial charge in [-0.1, -0.05) is 38.5 Å². The third-order valence-electron chi connectivity index (χ3n) is 4.83. The van der Waals surface area contributed by atoms with E-state index in [2.05, 4.69) is 23.6 Å². The van der Waals surface area contributed by atoms with Crippen LogP contribution >= 0.6 is 0 Å². The van der Waals surface area contributed by atoms with E-state index in [1.807, 2.05) is 26.0 Å². The Bertz CT molecular complexity index is 779. The van der Waals surface area contributed by atoms with Crippen LogP contribution in [0.1, 0.15) is 62.5 Å². The van der Waals surface area contributed by atoms with Crippen LogP contribution in [0.25, 0.3) is 10.9 Å². The van der Waals surface area contributed by atoms with Gasteiger partial charge < -0.3 is 14.2 Å². The van der Waals surface area contributed by atoms with Crippen molar-refractivity contribution >= 4 is 22.8 Å². The fourth-order valence-electron chi connectivity index (χ4n) is 3.49. The molecule has 0 fully saturated rings. The summed E-state index contributed by atoms with van der Waals surface area (Å²) in [6.07, 6.45) is 3.17. The number of unbranched alkanes of at least 4 members (excludes halogenated alkanes) is 1. The van der Waals surface area contributed by atoms with Crippen molar-refractivity contribution in [2.75, 3.05) is 19.7 Å². The molecule has 0 atom stereocenters. The molecule has 1 amide bonds. The third kappa shape index (κ3) is 4.90. The second-order valence-corrected chi connectivity index (χ2v) is 6.84. The minimum atomic E-state index is -0.255. The second-order valence-electron chi connectivity index (χ2n) is 6.84. The van der Waals surface area contributed by atoms with Crippen LogP contribution in [0.15, 0.2) is 24.3 Å². The maximum atomic E-state index is 13.4. The molecule has 0 spiro atoms. The number of hydrogen-bond donors (Lipinski definition) is 0. The number of carbonyl (C=O) groups is 2. The van der Waals surface area contributed by atoms with E-state index < -0.39 is 0 Å². The summed E-state index contributed by atoms with van der Waals surface area (Å²) in [4.78, 5) is 27.0. The zero-order chi connectivity index (χ0) is 19.8. The molecule has 2 aromatic rings. The Labute approximate surface area is 162 Å². The number of para-hydroxylation sites is 1. The lowest BCUT2D eigenvalue weighted by molar-refractivity contribution is -0.143. The Hall–Kier alpha value is -2.30. The minimum absolute atomic E-state index is 0.00551. The maximum absolute atomic E-state index is 13.4. The lowest BCUT2D eigenvalue weighted by atomic mass is 10.1. The summed E-state index contributed by atoms with van der Waals surface area (Å²) in [5.41, 5.74) is 2.87. The standard InChI is InChI=1S/C22H32N2O3/c1-5-8-15-24-19-12-10-9-11-18(19)17(4)21(24)22(26)23(14-6-2)16-13-20(25)27-7-3/h9-12H,5-8,13-16H2,1-4H3. The van der Waals surface area contributed by atoms with Crippen molar-refractivity contribution < 1.29 is 14.3 Å². The molecule has 1 heterocycles. The van der Waals surface area contributed by atoms with Crippen LogP contribution in [0, 0.1) is 6.92 Å². The Morgan fingerprint density at radius 1 is 1.07 bits per heavy atom. The van der Waals surface area contributed by atoms with E-state index in [0.717, 1.165) is 48.0 Å². The molecule has 0 aliphatic heterocycles. The van der Waals surface area contributed by atoms with Gasteiger partial charge in [-0.25, -0.2) is 0 Å². The zero-order valence-electron chi connectivity index (χ0n) is 17.1. The number of fused-ring (bicyclic) bond motifs is 1. The number of carbonyl (C=O) groups excluding carboxylic acids is 2. The quantitative estimate of drug-likeness (QED) is 0.575. The van der Waals surface area contributed by atoms with E-state index >= 15 is 0 Å². The molecule has 0 radical (unpaired) electrons. The van der Waals surface area contributed by atoms with Crippen molar-refractivity contribution in [1.82, 2.24) is 9.47 Å². The van der Waals surface area contributed by atoms with Gasteiger partial charge in [0.1, 0.15) is 5.69 Å². The number of benzene rings is 1. The predicted molar refractivity (Wildman–Crippen MR) is 109 cm³/mol. The summed E-state index contributed by atoms with van der Waals surface area (Å²) >= 11 is 0. The van der Waals surface area contributed by atoms with Gasteiger partial charge in [-0.15, -0.1) is 0 Å². The molecule has 0 saturated carbocycles. The summed E-state index contributed by atoms with van der Waals surface area (Å²) < 4.78 is 7.18. The Morgan fingerprint density at radius 3 is 2.48 bits per heavy atom. The summed E-state index contributed by atoms with van der Waals surface area (Å²) in [6.45, 7) is 10.2. The molecule has 0 N–H and O–H groups in total. The van der Waals surface area contributed by atoms with E-state index in [9.17, 15) is 9.59 Å². The predicted octanol–water partition coefficient (Wildman–Crippen LogP) is 4.56. The summed E-state index contributed by atoms with van der Waals surface area (Å²) in [6, 6.07) is 8.19. The lowest BCUT2D eigenvalue weighted by Gasteiger charge is -2.23. The summed E-state index contributed by atoms with van der Waals surface area (Å²) in [5.74, 6) is -0.249. The molecule has 27 heavy (non-hydrogen) atoms. The molecule has 0 saturated heterocycles. The van der Waals surface area contributed by atoms with Crippen molar-refractivity contribution in [3.8, 4) is 0 Å². The number of nitrogens with zero attached hydrogens (tertiary/aromatic N) is 2. The summed E-state index contributed by atoms with van der Waals surface area (Å²) in [5, 5.41) is 1.12. The minimum Gasteiger partial charge on any atom is -0.466 e. The number of rotatable bonds is 10. The van der Waals surface area contributed by atoms with Crippen LogP contribution in [-0.4, -0.2) is 41.0 Å². The average molecular weight is 373 g/mol. The van der Waals surface area contributed by atoms with Crippen LogP contribution in [0.5, 0.6) is 0 Å². The highest BCUT2D eigenvalue weighted by atomic mass is 16.5. The van der Waals surface area contributed by atoms with Crippen LogP contribution in [0.4, 0.5) is 0 Å². The molecule has 5 heteroatoms. The largest absolute Gasteiger partial charge is 0.466 e. The van der Waals surface area contributed by atoms with Gasteiger partial charge >= 0.3 is 5.97 Å². The first-order chi connectivity index (χ1) is 13.0. The van der Waals surface area contributed by atoms with Gasteiger partial charge in [-0.05, 0) is 38.3 Å². The molecule has 148 valence electrons. The first kappa shape index (κ1) is 21.0. The van der Waals surface area contributed by atoms with Gasteiger partial charge in [0, 0.05) is 30.5 Å². The maximum Gasteiger partial charge on any atom is 0.307 e. The number of aromatic nitrogens is 1. The molecule has 2 rings (SSSR count). The van der Waals surface area contributed by atoms with Crippen molar-refractivity contribution in [3.63, 3.8) is 0 Å². The van der Waals surface area contributed by atoms with E-state index in [0.29, 0.717) is 19.7 Å². The van der Waals surface area contributed by atoms with Crippen LogP contribution in [-0.2, 0) is 16.1 Å². The van der Waals surface area contributed by atoms with E-state index in [4.69, 9.17) is 4.74 Å². The number of aryl methyl sites for hydroxylation is 2. The molecule has 0 unspecified atom stereocenters. The van der Waals surface area contributed by atoms with Crippen LogP contribution < -0.4 is 0 Å². The molecular weight excluding hydrogens is 340 g/mol. The number of ether oxygens (including phenoxy) is 1. The molecule has 1 aromatic heterocycles. The SMILES string of the molecule is CCCCn1c(C(=O)N(CCC)CCC(=O)OCC)c(C)c2ccccc21. The monoisotopic (exact) mass is 372 g/mol. The number of amides is 1. The molecule has 5 nitrogen and oxygen atoms in total. The van der Waals surface area contributed by atoms with Gasteiger partial charge in [-0.2, -0.15) is 0 Å². The Balaban J connectivity index is 2.37. The second kappa shape index (κ2) is 10.1. The van der Waals surface area contributed by atoms with Gasteiger partial charge in [0.15, 0.2) is 0 Å². The van der Waals surface area contributed by atoms with E-state index in [1.54, 1.807) is 11.8 Å². The molecular formula is C22H32N2O3. The first-order valence-corrected chi connectivity index (χ1v) is 10.1. The third-order valence-corrected chi connectivity index (χ3v) is 4.83. The average Bonchev–Trinajstić information content (AvgIpc) is 2.95. The van der Waals surface area contributed by atoms with Gasteiger partial charge in [0.25, 0.3) is 5.91 Å². The van der Waals surface area contributed by atoms with Crippen LogP contribution in [0.2, 0.25) is 0 Å². The number of hydrogen-bond acceptors (Lipinski definition) is 3.